The maximum absolute atomic E-state index is 11.7. The van der Waals surface area contributed by atoms with Crippen molar-refractivity contribution in [2.45, 2.75) is 13.3 Å². The molecule has 0 saturated carbocycles. The molecule has 0 saturated heterocycles. The van der Waals surface area contributed by atoms with Crippen LogP contribution in [0.1, 0.15) is 22.8 Å². The molecule has 0 fully saturated rings. The summed E-state index contributed by atoms with van der Waals surface area (Å²) in [5, 5.41) is 0. The first kappa shape index (κ1) is 11.1. The van der Waals surface area contributed by atoms with Crippen molar-refractivity contribution in [3.05, 3.63) is 29.3 Å². The highest BCUT2D eigenvalue weighted by Crippen LogP contribution is 2.29. The minimum Gasteiger partial charge on any atom is -0.383 e. The number of fused-ring (bicyclic) bond motifs is 1. The normalized spacial score (nSPS) is 19.6. The van der Waals surface area contributed by atoms with E-state index in [0.29, 0.717) is 12.0 Å². The average molecular weight is 240 g/mol. The standard InChI is InChI=1S/C11H12O4S/c1-7-5-8-3-4-9(15-16(2,13)14)6-10(8)11(7)12/h3-4,6-7H,5H2,1-2H3. The highest BCUT2D eigenvalue weighted by molar-refractivity contribution is 7.86. The molecule has 1 aliphatic rings. The molecule has 0 radical (unpaired) electrons. The second-order valence-corrected chi connectivity index (χ2v) is 5.65. The topological polar surface area (TPSA) is 60.4 Å². The molecule has 1 aliphatic carbocycles. The van der Waals surface area contributed by atoms with Gasteiger partial charge in [0.15, 0.2) is 5.78 Å². The summed E-state index contributed by atoms with van der Waals surface area (Å²) in [4.78, 5) is 11.7. The molecule has 0 aliphatic heterocycles. The summed E-state index contributed by atoms with van der Waals surface area (Å²) < 4.78 is 26.6. The van der Waals surface area contributed by atoms with E-state index in [1.807, 2.05) is 6.92 Å². The Hall–Kier alpha value is -1.36. The Kier molecular flexibility index (Phi) is 2.50. The lowest BCUT2D eigenvalue weighted by molar-refractivity contribution is 0.0946. The second-order valence-electron chi connectivity index (χ2n) is 4.08. The first-order valence-electron chi connectivity index (χ1n) is 4.93. The molecule has 0 spiro atoms. The van der Waals surface area contributed by atoms with Gasteiger partial charge in [-0.3, -0.25) is 4.79 Å². The Morgan fingerprint density at radius 3 is 2.69 bits per heavy atom. The number of ketones is 1. The fraction of sp³-hybridized carbons (Fsp3) is 0.364. The lowest BCUT2D eigenvalue weighted by atomic mass is 10.1. The molecular formula is C11H12O4S. The van der Waals surface area contributed by atoms with Crippen LogP contribution < -0.4 is 4.18 Å². The predicted molar refractivity (Wildman–Crippen MR) is 59.1 cm³/mol. The Labute approximate surface area is 94.4 Å². The molecule has 16 heavy (non-hydrogen) atoms. The van der Waals surface area contributed by atoms with Crippen LogP contribution >= 0.6 is 0 Å². The molecule has 0 N–H and O–H groups in total. The Balaban J connectivity index is 2.38. The highest BCUT2D eigenvalue weighted by Gasteiger charge is 2.27. The van der Waals surface area contributed by atoms with Crippen molar-refractivity contribution in [2.75, 3.05) is 6.26 Å². The van der Waals surface area contributed by atoms with Gasteiger partial charge in [0.2, 0.25) is 0 Å². The minimum atomic E-state index is -3.54. The number of hydrogen-bond donors (Lipinski definition) is 0. The monoisotopic (exact) mass is 240 g/mol. The highest BCUT2D eigenvalue weighted by atomic mass is 32.2. The van der Waals surface area contributed by atoms with E-state index in [9.17, 15) is 13.2 Å². The van der Waals surface area contributed by atoms with Gasteiger partial charge in [-0.25, -0.2) is 0 Å². The minimum absolute atomic E-state index is 0.0246. The van der Waals surface area contributed by atoms with E-state index in [2.05, 4.69) is 0 Å². The van der Waals surface area contributed by atoms with Gasteiger partial charge >= 0.3 is 10.1 Å². The zero-order chi connectivity index (χ0) is 11.9. The summed E-state index contributed by atoms with van der Waals surface area (Å²) in [6.07, 6.45) is 1.69. The van der Waals surface area contributed by atoms with Gasteiger partial charge in [-0.05, 0) is 24.1 Å². The largest absolute Gasteiger partial charge is 0.383 e. The summed E-state index contributed by atoms with van der Waals surface area (Å²) in [6.45, 7) is 1.86. The fourth-order valence-electron chi connectivity index (χ4n) is 1.88. The van der Waals surface area contributed by atoms with Crippen LogP contribution in [0.3, 0.4) is 0 Å². The van der Waals surface area contributed by atoms with Gasteiger partial charge < -0.3 is 4.18 Å². The van der Waals surface area contributed by atoms with Crippen molar-refractivity contribution in [3.63, 3.8) is 0 Å². The van der Waals surface area contributed by atoms with Crippen molar-refractivity contribution in [2.24, 2.45) is 5.92 Å². The van der Waals surface area contributed by atoms with Gasteiger partial charge in [0, 0.05) is 11.5 Å². The number of rotatable bonds is 2. The van der Waals surface area contributed by atoms with Crippen LogP contribution in [0.2, 0.25) is 0 Å². The van der Waals surface area contributed by atoms with E-state index in [0.717, 1.165) is 11.8 Å². The van der Waals surface area contributed by atoms with Gasteiger partial charge in [-0.2, -0.15) is 8.42 Å². The Bertz CT molecular complexity index is 545. The summed E-state index contributed by atoms with van der Waals surface area (Å²) in [5.74, 6) is 0.223. The summed E-state index contributed by atoms with van der Waals surface area (Å²) in [5.41, 5.74) is 1.53. The van der Waals surface area contributed by atoms with Crippen LogP contribution in [0.4, 0.5) is 0 Å². The molecule has 5 heteroatoms. The molecule has 1 aromatic carbocycles. The number of hydrogen-bond acceptors (Lipinski definition) is 4. The van der Waals surface area contributed by atoms with Crippen molar-refractivity contribution in [1.82, 2.24) is 0 Å². The Morgan fingerprint density at radius 2 is 2.06 bits per heavy atom. The predicted octanol–water partition coefficient (Wildman–Crippen LogP) is 1.40. The van der Waals surface area contributed by atoms with Crippen LogP contribution in [0.15, 0.2) is 18.2 Å². The fourth-order valence-corrected chi connectivity index (χ4v) is 2.33. The third kappa shape index (κ3) is 2.09. The maximum atomic E-state index is 11.7. The SMILES string of the molecule is CC1Cc2ccc(OS(C)(=O)=O)cc2C1=O. The average Bonchev–Trinajstić information content (AvgIpc) is 2.42. The molecular weight excluding hydrogens is 228 g/mol. The van der Waals surface area contributed by atoms with Gasteiger partial charge in [-0.15, -0.1) is 0 Å². The van der Waals surface area contributed by atoms with Crippen LogP contribution in [0, 0.1) is 5.92 Å². The van der Waals surface area contributed by atoms with Crippen LogP contribution in [0.5, 0.6) is 5.75 Å². The molecule has 2 rings (SSSR count). The molecule has 0 aromatic heterocycles. The summed E-state index contributed by atoms with van der Waals surface area (Å²) in [7, 11) is -3.54. The van der Waals surface area contributed by atoms with Crippen molar-refractivity contribution < 1.29 is 17.4 Å². The first-order chi connectivity index (χ1) is 7.37. The second kappa shape index (κ2) is 3.59. The maximum Gasteiger partial charge on any atom is 0.306 e. The van der Waals surface area contributed by atoms with Gasteiger partial charge in [-0.1, -0.05) is 13.0 Å². The molecule has 4 nitrogen and oxygen atoms in total. The molecule has 0 bridgehead atoms. The zero-order valence-electron chi connectivity index (χ0n) is 9.06. The van der Waals surface area contributed by atoms with E-state index in [1.54, 1.807) is 12.1 Å². The number of carbonyl (C=O) groups is 1. The quantitative estimate of drug-likeness (QED) is 0.733. The van der Waals surface area contributed by atoms with E-state index in [1.165, 1.54) is 6.07 Å². The summed E-state index contributed by atoms with van der Waals surface area (Å²) in [6, 6.07) is 4.82. The molecule has 86 valence electrons. The van der Waals surface area contributed by atoms with Crippen LogP contribution in [-0.4, -0.2) is 20.5 Å². The van der Waals surface area contributed by atoms with Crippen molar-refractivity contribution in [3.8, 4) is 5.75 Å². The smallest absolute Gasteiger partial charge is 0.306 e. The van der Waals surface area contributed by atoms with Crippen LogP contribution in [-0.2, 0) is 16.5 Å². The van der Waals surface area contributed by atoms with E-state index >= 15 is 0 Å². The lowest BCUT2D eigenvalue weighted by Crippen LogP contribution is -2.07. The first-order valence-corrected chi connectivity index (χ1v) is 6.75. The van der Waals surface area contributed by atoms with Gasteiger partial charge in [0.25, 0.3) is 0 Å². The molecule has 0 amide bonds. The van der Waals surface area contributed by atoms with Crippen molar-refractivity contribution >= 4 is 15.9 Å². The van der Waals surface area contributed by atoms with Gasteiger partial charge in [0.1, 0.15) is 5.75 Å². The molecule has 1 unspecified atom stereocenters. The van der Waals surface area contributed by atoms with Gasteiger partial charge in [0.05, 0.1) is 6.26 Å². The molecule has 1 aromatic rings. The number of benzene rings is 1. The number of carbonyl (C=O) groups excluding carboxylic acids is 1. The third-order valence-electron chi connectivity index (χ3n) is 2.57. The van der Waals surface area contributed by atoms with E-state index in [-0.39, 0.29) is 17.5 Å². The zero-order valence-corrected chi connectivity index (χ0v) is 9.87. The third-order valence-corrected chi connectivity index (χ3v) is 3.06. The van der Waals surface area contributed by atoms with Crippen molar-refractivity contribution in [1.29, 1.82) is 0 Å². The van der Waals surface area contributed by atoms with Crippen LogP contribution in [0.25, 0.3) is 0 Å². The number of Topliss-reactive ketones (excluding diaryl/α,β-unsaturated/α-hetero) is 1. The van der Waals surface area contributed by atoms with E-state index in [4.69, 9.17) is 4.18 Å². The van der Waals surface area contributed by atoms with E-state index < -0.39 is 10.1 Å². The lowest BCUT2D eigenvalue weighted by Gasteiger charge is -2.04. The molecule has 0 heterocycles. The Morgan fingerprint density at radius 1 is 1.38 bits per heavy atom. The molecule has 1 atom stereocenters. The summed E-state index contributed by atoms with van der Waals surface area (Å²) >= 11 is 0.